The number of amides is 1. The van der Waals surface area contributed by atoms with Crippen LogP contribution < -0.4 is 5.32 Å². The summed E-state index contributed by atoms with van der Waals surface area (Å²) in [5.74, 6) is -0.759. The normalized spacial score (nSPS) is 13.3. The van der Waals surface area contributed by atoms with E-state index in [1.165, 1.54) is 24.3 Å². The van der Waals surface area contributed by atoms with Gasteiger partial charge < -0.3 is 15.2 Å². The minimum Gasteiger partial charge on any atom is -0.389 e. The van der Waals surface area contributed by atoms with Gasteiger partial charge in [0.25, 0.3) is 5.91 Å². The largest absolute Gasteiger partial charge is 0.389 e. The van der Waals surface area contributed by atoms with Gasteiger partial charge in [-0.25, -0.2) is 4.39 Å². The quantitative estimate of drug-likeness (QED) is 0.825. The molecule has 2 rings (SSSR count). The Labute approximate surface area is 134 Å². The molecule has 0 bridgehead atoms. The minimum atomic E-state index is -0.814. The summed E-state index contributed by atoms with van der Waals surface area (Å²) >= 11 is 0. The molecule has 0 fully saturated rings. The Morgan fingerprint density at radius 2 is 1.83 bits per heavy atom. The fourth-order valence-corrected chi connectivity index (χ4v) is 2.05. The lowest BCUT2D eigenvalue weighted by Crippen LogP contribution is -2.34. The van der Waals surface area contributed by atoms with Gasteiger partial charge in [-0.2, -0.15) is 0 Å². The molecule has 2 atom stereocenters. The number of benzene rings is 2. The van der Waals surface area contributed by atoms with Crippen molar-refractivity contribution in [1.82, 2.24) is 5.32 Å². The summed E-state index contributed by atoms with van der Waals surface area (Å²) in [6.45, 7) is 2.08. The predicted octanol–water partition coefficient (Wildman–Crippen LogP) is 2.69. The fraction of sp³-hybridized carbons (Fsp3) is 0.278. The van der Waals surface area contributed by atoms with Gasteiger partial charge in [-0.05, 0) is 36.8 Å². The minimum absolute atomic E-state index is 0.0672. The SMILES string of the molecule is C[C@@H](OC[C@@H](O)CNC(=O)c1ccc(F)cc1)c1ccccc1. The molecule has 5 heteroatoms. The van der Waals surface area contributed by atoms with Crippen LogP contribution >= 0.6 is 0 Å². The molecule has 2 N–H and O–H groups in total. The van der Waals surface area contributed by atoms with Gasteiger partial charge in [0.05, 0.1) is 18.8 Å². The van der Waals surface area contributed by atoms with E-state index in [1.807, 2.05) is 37.3 Å². The average molecular weight is 317 g/mol. The molecular weight excluding hydrogens is 297 g/mol. The number of hydrogen-bond donors (Lipinski definition) is 2. The lowest BCUT2D eigenvalue weighted by molar-refractivity contribution is -0.00171. The number of nitrogens with one attached hydrogen (secondary N) is 1. The van der Waals surface area contributed by atoms with Gasteiger partial charge in [-0.1, -0.05) is 30.3 Å². The Hall–Kier alpha value is -2.24. The molecule has 0 saturated carbocycles. The van der Waals surface area contributed by atoms with E-state index in [9.17, 15) is 14.3 Å². The lowest BCUT2D eigenvalue weighted by atomic mass is 10.1. The van der Waals surface area contributed by atoms with Crippen LogP contribution in [0.2, 0.25) is 0 Å². The van der Waals surface area contributed by atoms with Crippen molar-refractivity contribution in [3.05, 3.63) is 71.5 Å². The third-order valence-electron chi connectivity index (χ3n) is 3.41. The van der Waals surface area contributed by atoms with Crippen LogP contribution in [0.15, 0.2) is 54.6 Å². The highest BCUT2D eigenvalue weighted by Gasteiger charge is 2.12. The molecule has 0 unspecified atom stereocenters. The van der Waals surface area contributed by atoms with Gasteiger partial charge in [0.1, 0.15) is 5.82 Å². The van der Waals surface area contributed by atoms with E-state index in [0.717, 1.165) is 5.56 Å². The molecule has 0 spiro atoms. The van der Waals surface area contributed by atoms with Crippen molar-refractivity contribution in [2.24, 2.45) is 0 Å². The van der Waals surface area contributed by atoms with Gasteiger partial charge in [0.15, 0.2) is 0 Å². The Morgan fingerprint density at radius 1 is 1.17 bits per heavy atom. The summed E-state index contributed by atoms with van der Waals surface area (Å²) in [4.78, 5) is 11.8. The zero-order valence-corrected chi connectivity index (χ0v) is 12.9. The molecule has 4 nitrogen and oxygen atoms in total. The summed E-state index contributed by atoms with van der Waals surface area (Å²) in [7, 11) is 0. The van der Waals surface area contributed by atoms with Gasteiger partial charge in [0.2, 0.25) is 0 Å². The van der Waals surface area contributed by atoms with Crippen molar-refractivity contribution < 1.29 is 19.0 Å². The number of ether oxygens (including phenoxy) is 1. The molecule has 0 saturated heterocycles. The molecule has 0 aromatic heterocycles. The molecule has 23 heavy (non-hydrogen) atoms. The molecule has 1 amide bonds. The van der Waals surface area contributed by atoms with Crippen LogP contribution in [0.25, 0.3) is 0 Å². The van der Waals surface area contributed by atoms with Crippen LogP contribution in [-0.4, -0.2) is 30.3 Å². The maximum Gasteiger partial charge on any atom is 0.251 e. The van der Waals surface area contributed by atoms with E-state index in [0.29, 0.717) is 5.56 Å². The third kappa shape index (κ3) is 5.47. The van der Waals surface area contributed by atoms with E-state index in [4.69, 9.17) is 4.74 Å². The summed E-state index contributed by atoms with van der Waals surface area (Å²) < 4.78 is 18.4. The molecule has 0 aliphatic heterocycles. The van der Waals surface area contributed by atoms with Gasteiger partial charge in [-0.15, -0.1) is 0 Å². The smallest absolute Gasteiger partial charge is 0.251 e. The van der Waals surface area contributed by atoms with Crippen molar-refractivity contribution in [3.8, 4) is 0 Å². The van der Waals surface area contributed by atoms with Gasteiger partial charge in [0, 0.05) is 12.1 Å². The summed E-state index contributed by atoms with van der Waals surface area (Å²) in [6.07, 6.45) is -0.954. The number of halogens is 1. The Balaban J connectivity index is 1.73. The first-order valence-electron chi connectivity index (χ1n) is 7.44. The lowest BCUT2D eigenvalue weighted by Gasteiger charge is -2.17. The topological polar surface area (TPSA) is 58.6 Å². The highest BCUT2D eigenvalue weighted by molar-refractivity contribution is 5.94. The van der Waals surface area contributed by atoms with E-state index in [-0.39, 0.29) is 25.2 Å². The van der Waals surface area contributed by atoms with Crippen LogP contribution in [0.3, 0.4) is 0 Å². The number of aliphatic hydroxyl groups is 1. The molecule has 2 aromatic carbocycles. The zero-order valence-electron chi connectivity index (χ0n) is 12.9. The summed E-state index contributed by atoms with van der Waals surface area (Å²) in [6, 6.07) is 14.9. The van der Waals surface area contributed by atoms with Crippen molar-refractivity contribution in [2.45, 2.75) is 19.1 Å². The van der Waals surface area contributed by atoms with Crippen molar-refractivity contribution >= 4 is 5.91 Å². The van der Waals surface area contributed by atoms with Crippen molar-refractivity contribution in [1.29, 1.82) is 0 Å². The second kappa shape index (κ2) is 8.41. The van der Waals surface area contributed by atoms with Gasteiger partial charge in [-0.3, -0.25) is 4.79 Å². The van der Waals surface area contributed by atoms with Crippen LogP contribution in [0, 0.1) is 5.82 Å². The van der Waals surface area contributed by atoms with E-state index in [2.05, 4.69) is 5.32 Å². The molecule has 0 aliphatic rings. The number of hydrogen-bond acceptors (Lipinski definition) is 3. The maximum absolute atomic E-state index is 12.8. The van der Waals surface area contributed by atoms with Gasteiger partial charge >= 0.3 is 0 Å². The van der Waals surface area contributed by atoms with E-state index < -0.39 is 11.9 Å². The third-order valence-corrected chi connectivity index (χ3v) is 3.41. The first-order valence-corrected chi connectivity index (χ1v) is 7.44. The highest BCUT2D eigenvalue weighted by atomic mass is 19.1. The number of rotatable bonds is 7. The predicted molar refractivity (Wildman–Crippen MR) is 85.5 cm³/mol. The number of carbonyl (C=O) groups excluding carboxylic acids is 1. The summed E-state index contributed by atoms with van der Waals surface area (Å²) in [5, 5.41) is 12.5. The Bertz CT molecular complexity index is 616. The molecule has 0 heterocycles. The fourth-order valence-electron chi connectivity index (χ4n) is 2.05. The maximum atomic E-state index is 12.8. The monoisotopic (exact) mass is 317 g/mol. The van der Waals surface area contributed by atoms with Crippen molar-refractivity contribution in [3.63, 3.8) is 0 Å². The molecule has 122 valence electrons. The Morgan fingerprint density at radius 3 is 2.48 bits per heavy atom. The highest BCUT2D eigenvalue weighted by Crippen LogP contribution is 2.15. The standard InChI is InChI=1S/C18H20FNO3/c1-13(14-5-3-2-4-6-14)23-12-17(21)11-20-18(22)15-7-9-16(19)10-8-15/h2-10,13,17,21H,11-12H2,1H3,(H,20,22)/t13-,17+/m1/s1. The van der Waals surface area contributed by atoms with Crippen LogP contribution in [-0.2, 0) is 4.74 Å². The molecule has 0 aliphatic carbocycles. The Kier molecular flexibility index (Phi) is 6.26. The molecule has 0 radical (unpaired) electrons. The average Bonchev–Trinajstić information content (AvgIpc) is 2.59. The van der Waals surface area contributed by atoms with E-state index >= 15 is 0 Å². The van der Waals surface area contributed by atoms with Crippen LogP contribution in [0.4, 0.5) is 4.39 Å². The second-order valence-corrected chi connectivity index (χ2v) is 5.26. The zero-order chi connectivity index (χ0) is 16.7. The molecular formula is C18H20FNO3. The first kappa shape index (κ1) is 17.1. The number of aliphatic hydroxyl groups excluding tert-OH is 1. The first-order chi connectivity index (χ1) is 11.1. The van der Waals surface area contributed by atoms with Crippen LogP contribution in [0.5, 0.6) is 0 Å². The summed E-state index contributed by atoms with van der Waals surface area (Å²) in [5.41, 5.74) is 1.37. The van der Waals surface area contributed by atoms with E-state index in [1.54, 1.807) is 0 Å². The molecule has 2 aromatic rings. The van der Waals surface area contributed by atoms with Crippen LogP contribution in [0.1, 0.15) is 28.9 Å². The number of carbonyl (C=O) groups is 1. The van der Waals surface area contributed by atoms with Crippen molar-refractivity contribution in [2.75, 3.05) is 13.2 Å². The second-order valence-electron chi connectivity index (χ2n) is 5.26.